The quantitative estimate of drug-likeness (QED) is 0.782. The number of amides is 1. The molecule has 3 nitrogen and oxygen atoms in total. The van der Waals surface area contributed by atoms with Crippen molar-refractivity contribution in [2.45, 2.75) is 18.4 Å². The van der Waals surface area contributed by atoms with Crippen LogP contribution in [0.2, 0.25) is 0 Å². The van der Waals surface area contributed by atoms with Crippen LogP contribution in [0.3, 0.4) is 0 Å². The molecule has 1 unspecified atom stereocenters. The largest absolute Gasteiger partial charge is 0.416 e. The summed E-state index contributed by atoms with van der Waals surface area (Å²) >= 11 is 0. The molecule has 1 aliphatic rings. The van der Waals surface area contributed by atoms with Crippen LogP contribution in [0.1, 0.15) is 22.7 Å². The minimum Gasteiger partial charge on any atom is -0.353 e. The topological polar surface area (TPSA) is 41.1 Å². The van der Waals surface area contributed by atoms with Gasteiger partial charge in [-0.2, -0.15) is 26.3 Å². The number of carbonyl (C=O) groups excluding carboxylic acids is 1. The molecule has 9 heteroatoms. The molecule has 1 amide bonds. The van der Waals surface area contributed by atoms with Gasteiger partial charge in [-0.25, -0.2) is 0 Å². The fraction of sp³-hybridized carbons (Fsp3) is 0.417. The Bertz CT molecular complexity index is 519. The molecule has 1 aliphatic heterocycles. The van der Waals surface area contributed by atoms with E-state index in [0.29, 0.717) is 12.1 Å². The van der Waals surface area contributed by atoms with Gasteiger partial charge in [-0.3, -0.25) is 4.79 Å². The van der Waals surface area contributed by atoms with Gasteiger partial charge in [0.15, 0.2) is 0 Å². The molecule has 0 aliphatic carbocycles. The van der Waals surface area contributed by atoms with Gasteiger partial charge in [0.25, 0.3) is 0 Å². The van der Waals surface area contributed by atoms with Gasteiger partial charge in [0.2, 0.25) is 5.91 Å². The lowest BCUT2D eigenvalue weighted by molar-refractivity contribution is -0.143. The van der Waals surface area contributed by atoms with Crippen LogP contribution in [0.25, 0.3) is 0 Å². The Balaban J connectivity index is 2.52. The van der Waals surface area contributed by atoms with E-state index in [1.54, 1.807) is 0 Å². The lowest BCUT2D eigenvalue weighted by Crippen LogP contribution is -2.47. The molecule has 0 aromatic heterocycles. The van der Waals surface area contributed by atoms with Gasteiger partial charge in [-0.05, 0) is 23.8 Å². The maximum atomic E-state index is 12.7. The van der Waals surface area contributed by atoms with Crippen molar-refractivity contribution in [3.8, 4) is 0 Å². The number of nitrogens with one attached hydrogen (secondary N) is 2. The molecule has 1 aromatic rings. The first-order valence-electron chi connectivity index (χ1n) is 5.89. The molecule has 0 saturated carbocycles. The van der Waals surface area contributed by atoms with E-state index in [0.717, 1.165) is 0 Å². The zero-order valence-corrected chi connectivity index (χ0v) is 10.4. The third kappa shape index (κ3) is 3.46. The van der Waals surface area contributed by atoms with Gasteiger partial charge in [0.1, 0.15) is 6.04 Å². The molecule has 1 fully saturated rings. The van der Waals surface area contributed by atoms with Crippen molar-refractivity contribution in [1.82, 2.24) is 10.6 Å². The number of halogens is 6. The SMILES string of the molecule is O=C1NCCNC1c1cc(C(F)(F)F)cc(C(F)(F)F)c1. The van der Waals surface area contributed by atoms with Gasteiger partial charge in [-0.1, -0.05) is 0 Å². The Labute approximate surface area is 115 Å². The first kappa shape index (κ1) is 15.6. The highest BCUT2D eigenvalue weighted by Crippen LogP contribution is 2.37. The molecule has 1 saturated heterocycles. The fourth-order valence-electron chi connectivity index (χ4n) is 2.01. The van der Waals surface area contributed by atoms with Crippen molar-refractivity contribution in [3.05, 3.63) is 34.9 Å². The Kier molecular flexibility index (Phi) is 3.87. The lowest BCUT2D eigenvalue weighted by Gasteiger charge is -2.25. The van der Waals surface area contributed by atoms with Gasteiger partial charge >= 0.3 is 12.4 Å². The highest BCUT2D eigenvalue weighted by molar-refractivity contribution is 5.84. The Morgan fingerprint density at radius 1 is 0.905 bits per heavy atom. The van der Waals surface area contributed by atoms with Crippen molar-refractivity contribution >= 4 is 5.91 Å². The summed E-state index contributed by atoms with van der Waals surface area (Å²) in [5, 5.41) is 4.98. The van der Waals surface area contributed by atoms with E-state index >= 15 is 0 Å². The molecular weight excluding hydrogens is 302 g/mol. The zero-order valence-electron chi connectivity index (χ0n) is 10.4. The molecule has 21 heavy (non-hydrogen) atoms. The molecule has 1 atom stereocenters. The van der Waals surface area contributed by atoms with Crippen LogP contribution in [0.4, 0.5) is 26.3 Å². The van der Waals surface area contributed by atoms with Crippen LogP contribution in [0, 0.1) is 0 Å². The van der Waals surface area contributed by atoms with Crippen LogP contribution >= 0.6 is 0 Å². The fourth-order valence-corrected chi connectivity index (χ4v) is 2.01. The first-order valence-corrected chi connectivity index (χ1v) is 5.89. The van der Waals surface area contributed by atoms with Crippen molar-refractivity contribution in [3.63, 3.8) is 0 Å². The van der Waals surface area contributed by atoms with E-state index in [1.165, 1.54) is 0 Å². The summed E-state index contributed by atoms with van der Waals surface area (Å²) in [7, 11) is 0. The standard InChI is InChI=1S/C12H10F6N2O/c13-11(14,15)7-3-6(4-8(5-7)12(16,17)18)9-10(21)20-2-1-19-9/h3-5,9,19H,1-2H2,(H,20,21). The van der Waals surface area contributed by atoms with Gasteiger partial charge in [0, 0.05) is 13.1 Å². The average Bonchev–Trinajstić information content (AvgIpc) is 2.36. The molecule has 2 N–H and O–H groups in total. The van der Waals surface area contributed by atoms with E-state index in [1.807, 2.05) is 0 Å². The predicted octanol–water partition coefficient (Wildman–Crippen LogP) is 2.48. The molecule has 0 radical (unpaired) electrons. The molecule has 116 valence electrons. The molecule has 2 rings (SSSR count). The van der Waals surface area contributed by atoms with E-state index in [4.69, 9.17) is 0 Å². The third-order valence-corrected chi connectivity index (χ3v) is 2.98. The Hall–Kier alpha value is -1.77. The second-order valence-electron chi connectivity index (χ2n) is 4.52. The second-order valence-corrected chi connectivity index (χ2v) is 4.52. The minimum atomic E-state index is -4.93. The van der Waals surface area contributed by atoms with Crippen LogP contribution in [0.15, 0.2) is 18.2 Å². The third-order valence-electron chi connectivity index (χ3n) is 2.98. The highest BCUT2D eigenvalue weighted by atomic mass is 19.4. The number of benzene rings is 1. The van der Waals surface area contributed by atoms with Gasteiger partial charge in [-0.15, -0.1) is 0 Å². The number of hydrogen-bond acceptors (Lipinski definition) is 2. The Morgan fingerprint density at radius 2 is 1.43 bits per heavy atom. The number of rotatable bonds is 1. The molecule has 1 aromatic carbocycles. The first-order chi connectivity index (χ1) is 9.59. The summed E-state index contributed by atoms with van der Waals surface area (Å²) in [5.74, 6) is -0.659. The summed E-state index contributed by atoms with van der Waals surface area (Å²) in [5.41, 5.74) is -3.24. The maximum absolute atomic E-state index is 12.7. The molecular formula is C12H10F6N2O. The summed E-state index contributed by atoms with van der Waals surface area (Å²) in [4.78, 5) is 11.6. The van der Waals surface area contributed by atoms with Crippen molar-refractivity contribution in [2.24, 2.45) is 0 Å². The van der Waals surface area contributed by atoms with Gasteiger partial charge < -0.3 is 10.6 Å². The minimum absolute atomic E-state index is 0.0320. The number of carbonyl (C=O) groups is 1. The van der Waals surface area contributed by atoms with Crippen molar-refractivity contribution in [1.29, 1.82) is 0 Å². The van der Waals surface area contributed by atoms with E-state index in [-0.39, 0.29) is 24.7 Å². The summed E-state index contributed by atoms with van der Waals surface area (Å²) < 4.78 is 76.3. The highest BCUT2D eigenvalue weighted by Gasteiger charge is 2.38. The summed E-state index contributed by atoms with van der Waals surface area (Å²) in [6.45, 7) is 0.522. The van der Waals surface area contributed by atoms with E-state index < -0.39 is 35.4 Å². The normalized spacial score (nSPS) is 20.3. The average molecular weight is 312 g/mol. The summed E-state index contributed by atoms with van der Waals surface area (Å²) in [6.07, 6.45) is -9.86. The van der Waals surface area contributed by atoms with E-state index in [9.17, 15) is 31.1 Å². The molecule has 1 heterocycles. The summed E-state index contributed by atoms with van der Waals surface area (Å²) in [6, 6.07) is -0.0954. The van der Waals surface area contributed by atoms with E-state index in [2.05, 4.69) is 10.6 Å². The molecule has 0 spiro atoms. The van der Waals surface area contributed by atoms with Crippen LogP contribution < -0.4 is 10.6 Å². The molecule has 0 bridgehead atoms. The number of alkyl halides is 6. The van der Waals surface area contributed by atoms with Gasteiger partial charge in [0.05, 0.1) is 11.1 Å². The zero-order chi connectivity index (χ0) is 15.8. The monoisotopic (exact) mass is 312 g/mol. The number of piperazine rings is 1. The number of hydrogen-bond donors (Lipinski definition) is 2. The van der Waals surface area contributed by atoms with Crippen LogP contribution in [0.5, 0.6) is 0 Å². The van der Waals surface area contributed by atoms with Crippen LogP contribution in [-0.4, -0.2) is 19.0 Å². The maximum Gasteiger partial charge on any atom is 0.416 e. The Morgan fingerprint density at radius 3 is 1.86 bits per heavy atom. The van der Waals surface area contributed by atoms with Crippen molar-refractivity contribution < 1.29 is 31.1 Å². The lowest BCUT2D eigenvalue weighted by atomic mass is 9.98. The smallest absolute Gasteiger partial charge is 0.353 e. The van der Waals surface area contributed by atoms with Crippen LogP contribution in [-0.2, 0) is 17.1 Å². The predicted molar refractivity (Wildman–Crippen MR) is 60.2 cm³/mol. The van der Waals surface area contributed by atoms with Crippen molar-refractivity contribution in [2.75, 3.05) is 13.1 Å². The second kappa shape index (κ2) is 5.21.